The van der Waals surface area contributed by atoms with Crippen LogP contribution < -0.4 is 10.6 Å². The molecule has 1 saturated heterocycles. The molecule has 3 fully saturated rings. The van der Waals surface area contributed by atoms with Crippen molar-refractivity contribution >= 4 is 12.0 Å². The zero-order valence-corrected chi connectivity index (χ0v) is 17.9. The van der Waals surface area contributed by atoms with Crippen molar-refractivity contribution in [3.63, 3.8) is 0 Å². The van der Waals surface area contributed by atoms with Gasteiger partial charge >= 0.3 is 0 Å². The number of nitrogens with zero attached hydrogens (tertiary/aromatic N) is 1. The predicted molar refractivity (Wildman–Crippen MR) is 120 cm³/mol. The van der Waals surface area contributed by atoms with E-state index in [2.05, 4.69) is 54.0 Å². The van der Waals surface area contributed by atoms with Gasteiger partial charge in [-0.3, -0.25) is 4.79 Å². The van der Waals surface area contributed by atoms with E-state index in [1.165, 1.54) is 56.1 Å². The average Bonchev–Trinajstić information content (AvgIpc) is 3.28. The SMILES string of the molecule is C/C(=C\c1ccccc1)[C@@H]1C[C@H]1NC1CCC(NCCC(=O)N2CCCC2)CC1. The van der Waals surface area contributed by atoms with Crippen molar-refractivity contribution in [2.75, 3.05) is 19.6 Å². The first kappa shape index (κ1) is 20.6. The van der Waals surface area contributed by atoms with Crippen LogP contribution in [0.2, 0.25) is 0 Å². The van der Waals surface area contributed by atoms with Gasteiger partial charge in [-0.25, -0.2) is 0 Å². The second-order valence-corrected chi connectivity index (χ2v) is 9.25. The number of hydrogen-bond donors (Lipinski definition) is 2. The summed E-state index contributed by atoms with van der Waals surface area (Å²) in [6.45, 7) is 5.06. The Bertz CT molecular complexity index is 687. The smallest absolute Gasteiger partial charge is 0.223 e. The number of rotatable bonds is 8. The van der Waals surface area contributed by atoms with Gasteiger partial charge in [0, 0.05) is 44.2 Å². The molecule has 29 heavy (non-hydrogen) atoms. The minimum absolute atomic E-state index is 0.337. The molecule has 2 aliphatic carbocycles. The third-order valence-electron chi connectivity index (χ3n) is 6.98. The molecule has 0 unspecified atom stereocenters. The van der Waals surface area contributed by atoms with Crippen molar-refractivity contribution in [1.29, 1.82) is 0 Å². The number of carbonyl (C=O) groups is 1. The highest BCUT2D eigenvalue weighted by Gasteiger charge is 2.39. The number of hydrogen-bond acceptors (Lipinski definition) is 3. The lowest BCUT2D eigenvalue weighted by molar-refractivity contribution is -0.130. The Balaban J connectivity index is 1.11. The molecule has 0 spiro atoms. The zero-order chi connectivity index (χ0) is 20.1. The number of benzene rings is 1. The molecule has 3 aliphatic rings. The highest BCUT2D eigenvalue weighted by Crippen LogP contribution is 2.39. The van der Waals surface area contributed by atoms with Crippen molar-refractivity contribution in [1.82, 2.24) is 15.5 Å². The summed E-state index contributed by atoms with van der Waals surface area (Å²) in [5.74, 6) is 1.05. The summed E-state index contributed by atoms with van der Waals surface area (Å²) in [6, 6.07) is 12.6. The maximum Gasteiger partial charge on any atom is 0.223 e. The van der Waals surface area contributed by atoms with Gasteiger partial charge in [-0.05, 0) is 63.4 Å². The lowest BCUT2D eigenvalue weighted by atomic mass is 9.91. The first-order chi connectivity index (χ1) is 14.2. The van der Waals surface area contributed by atoms with Crippen molar-refractivity contribution < 1.29 is 4.79 Å². The van der Waals surface area contributed by atoms with Crippen molar-refractivity contribution in [2.45, 2.75) is 76.4 Å². The maximum atomic E-state index is 12.1. The van der Waals surface area contributed by atoms with Gasteiger partial charge in [0.15, 0.2) is 0 Å². The van der Waals surface area contributed by atoms with Gasteiger partial charge in [0.2, 0.25) is 5.91 Å². The Labute approximate surface area is 176 Å². The molecule has 2 N–H and O–H groups in total. The third-order valence-corrected chi connectivity index (χ3v) is 6.98. The predicted octanol–water partition coefficient (Wildman–Crippen LogP) is 3.98. The second-order valence-electron chi connectivity index (χ2n) is 9.25. The van der Waals surface area contributed by atoms with Crippen molar-refractivity contribution in [3.05, 3.63) is 41.5 Å². The third kappa shape index (κ3) is 5.93. The fourth-order valence-corrected chi connectivity index (χ4v) is 5.08. The fraction of sp³-hybridized carbons (Fsp3) is 0.640. The summed E-state index contributed by atoms with van der Waals surface area (Å²) in [4.78, 5) is 14.2. The normalized spacial score (nSPS) is 29.8. The first-order valence-electron chi connectivity index (χ1n) is 11.7. The standard InChI is InChI=1S/C25H37N3O/c1-19(17-20-7-3-2-4-8-20)23-18-24(23)27-22-11-9-21(10-12-22)26-14-13-25(29)28-15-5-6-16-28/h2-4,7-8,17,21-24,26-27H,5-6,9-16,18H2,1H3/b19-17+/t21?,22?,23-,24+/m0/s1. The van der Waals surface area contributed by atoms with Crippen LogP contribution >= 0.6 is 0 Å². The van der Waals surface area contributed by atoms with Crippen LogP contribution in [0, 0.1) is 5.92 Å². The Morgan fingerprint density at radius 3 is 2.48 bits per heavy atom. The van der Waals surface area contributed by atoms with E-state index in [1.54, 1.807) is 0 Å². The Morgan fingerprint density at radius 2 is 1.76 bits per heavy atom. The summed E-state index contributed by atoms with van der Waals surface area (Å²) in [7, 11) is 0. The molecule has 2 atom stereocenters. The molecule has 4 nitrogen and oxygen atoms in total. The largest absolute Gasteiger partial charge is 0.343 e. The quantitative estimate of drug-likeness (QED) is 0.700. The van der Waals surface area contributed by atoms with Gasteiger partial charge in [0.1, 0.15) is 0 Å². The highest BCUT2D eigenvalue weighted by molar-refractivity contribution is 5.76. The van der Waals surface area contributed by atoms with Crippen molar-refractivity contribution in [3.8, 4) is 0 Å². The van der Waals surface area contributed by atoms with E-state index in [0.29, 0.717) is 36.4 Å². The second kappa shape index (κ2) is 9.90. The highest BCUT2D eigenvalue weighted by atomic mass is 16.2. The molecule has 1 aromatic rings. The summed E-state index contributed by atoms with van der Waals surface area (Å²) in [5, 5.41) is 7.55. The van der Waals surface area contributed by atoms with E-state index in [1.807, 2.05) is 4.90 Å². The van der Waals surface area contributed by atoms with Crippen LogP contribution in [0.1, 0.15) is 63.9 Å². The van der Waals surface area contributed by atoms with Crippen LogP contribution in [0.15, 0.2) is 35.9 Å². The molecule has 0 aromatic heterocycles. The minimum atomic E-state index is 0.337. The maximum absolute atomic E-state index is 12.1. The van der Waals surface area contributed by atoms with E-state index in [4.69, 9.17) is 0 Å². The number of amides is 1. The molecule has 0 bridgehead atoms. The molecule has 158 valence electrons. The monoisotopic (exact) mass is 395 g/mol. The summed E-state index contributed by atoms with van der Waals surface area (Å²) in [5.41, 5.74) is 2.82. The molecule has 1 heterocycles. The number of nitrogens with one attached hydrogen (secondary N) is 2. The van der Waals surface area contributed by atoms with Crippen LogP contribution in [-0.2, 0) is 4.79 Å². The van der Waals surface area contributed by atoms with Crippen LogP contribution in [0.5, 0.6) is 0 Å². The Morgan fingerprint density at radius 1 is 1.07 bits per heavy atom. The van der Waals surface area contributed by atoms with Gasteiger partial charge in [0.05, 0.1) is 0 Å². The average molecular weight is 396 g/mol. The summed E-state index contributed by atoms with van der Waals surface area (Å²) < 4.78 is 0. The van der Waals surface area contributed by atoms with E-state index >= 15 is 0 Å². The van der Waals surface area contributed by atoms with Gasteiger partial charge in [0.25, 0.3) is 0 Å². The van der Waals surface area contributed by atoms with E-state index < -0.39 is 0 Å². The number of likely N-dealkylation sites (tertiary alicyclic amines) is 1. The lowest BCUT2D eigenvalue weighted by Crippen LogP contribution is -2.42. The molecule has 0 radical (unpaired) electrons. The topological polar surface area (TPSA) is 44.4 Å². The van der Waals surface area contributed by atoms with Gasteiger partial charge < -0.3 is 15.5 Å². The van der Waals surface area contributed by atoms with Crippen molar-refractivity contribution in [2.24, 2.45) is 5.92 Å². The zero-order valence-electron chi connectivity index (χ0n) is 17.9. The van der Waals surface area contributed by atoms with Gasteiger partial charge in [-0.15, -0.1) is 0 Å². The molecule has 2 saturated carbocycles. The van der Waals surface area contributed by atoms with E-state index in [9.17, 15) is 4.79 Å². The Hall–Kier alpha value is -1.65. The molecule has 1 amide bonds. The molecule has 4 heteroatoms. The van der Waals surface area contributed by atoms with E-state index in [0.717, 1.165) is 19.6 Å². The van der Waals surface area contributed by atoms with Crippen LogP contribution in [0.3, 0.4) is 0 Å². The fourth-order valence-electron chi connectivity index (χ4n) is 5.08. The van der Waals surface area contributed by atoms with Crippen LogP contribution in [0.4, 0.5) is 0 Å². The minimum Gasteiger partial charge on any atom is -0.343 e. The van der Waals surface area contributed by atoms with Crippen LogP contribution in [-0.4, -0.2) is 48.6 Å². The molecule has 1 aromatic carbocycles. The molecular formula is C25H37N3O. The molecule has 1 aliphatic heterocycles. The Kier molecular flexibility index (Phi) is 7.04. The van der Waals surface area contributed by atoms with Gasteiger partial charge in [-0.2, -0.15) is 0 Å². The molecular weight excluding hydrogens is 358 g/mol. The lowest BCUT2D eigenvalue weighted by Gasteiger charge is -2.30. The number of carbonyl (C=O) groups excluding carboxylic acids is 1. The summed E-state index contributed by atoms with van der Waals surface area (Å²) in [6.07, 6.45) is 11.6. The van der Waals surface area contributed by atoms with Crippen LogP contribution in [0.25, 0.3) is 6.08 Å². The first-order valence-corrected chi connectivity index (χ1v) is 11.7. The van der Waals surface area contributed by atoms with E-state index in [-0.39, 0.29) is 0 Å². The molecule has 4 rings (SSSR count). The van der Waals surface area contributed by atoms with Gasteiger partial charge in [-0.1, -0.05) is 42.0 Å². The summed E-state index contributed by atoms with van der Waals surface area (Å²) >= 11 is 0.